The molecule has 0 radical (unpaired) electrons. The Morgan fingerprint density at radius 1 is 0.844 bits per heavy atom. The number of rotatable bonds is 10. The number of likely N-dealkylation sites (N-methyl/N-ethyl adjacent to an activating group) is 1. The Hall–Kier alpha value is -5.61. The van der Waals surface area contributed by atoms with Crippen LogP contribution in [0.5, 0.6) is 5.75 Å². The molecule has 0 aliphatic heterocycles. The van der Waals surface area contributed by atoms with Gasteiger partial charge in [-0.15, -0.1) is 0 Å². The number of hydrogen-bond donors (Lipinski definition) is 3. The van der Waals surface area contributed by atoms with Gasteiger partial charge < -0.3 is 19.9 Å². The molecule has 0 fully saturated rings. The van der Waals surface area contributed by atoms with E-state index in [9.17, 15) is 4.39 Å². The predicted octanol–water partition coefficient (Wildman–Crippen LogP) is 6.92. The molecule has 0 saturated heterocycles. The molecular weight excluding hydrogens is 567 g/mol. The standard InChI is InChI=1S/C35H31FN8O/c1-44(2)9-8-39-26-11-23(10-25(36)13-26)30-18-38-19-33-28(30)14-32(41-33)35-29-15-31(40-20-34(29)42-43-35)24-12-27(17-37-16-24)45-21-22-6-4-3-5-7-22/h3-7,10-20,39,41H,8-9,21H2,1-2H3,(H,42,43). The fraction of sp³-hybridized carbons (Fsp3) is 0.143. The van der Waals surface area contributed by atoms with Crippen LogP contribution in [0.4, 0.5) is 10.1 Å². The summed E-state index contributed by atoms with van der Waals surface area (Å²) in [5.74, 6) is 0.352. The first kappa shape index (κ1) is 28.2. The molecule has 0 aliphatic rings. The van der Waals surface area contributed by atoms with E-state index in [1.54, 1.807) is 31.0 Å². The molecule has 5 heterocycles. The number of aromatic amines is 2. The fourth-order valence-corrected chi connectivity index (χ4v) is 5.34. The number of ether oxygens (including phenoxy) is 1. The Kier molecular flexibility index (Phi) is 7.62. The van der Waals surface area contributed by atoms with Crippen molar-refractivity contribution in [3.05, 3.63) is 109 Å². The highest BCUT2D eigenvalue weighted by Crippen LogP contribution is 2.35. The molecule has 224 valence electrons. The number of halogens is 1. The van der Waals surface area contributed by atoms with Crippen LogP contribution < -0.4 is 10.1 Å². The predicted molar refractivity (Wildman–Crippen MR) is 175 cm³/mol. The van der Waals surface area contributed by atoms with Gasteiger partial charge in [0.25, 0.3) is 0 Å². The average Bonchev–Trinajstić information content (AvgIpc) is 3.68. The summed E-state index contributed by atoms with van der Waals surface area (Å²) in [7, 11) is 4.01. The fourth-order valence-electron chi connectivity index (χ4n) is 5.34. The minimum atomic E-state index is -0.310. The molecule has 0 unspecified atom stereocenters. The number of pyridine rings is 3. The van der Waals surface area contributed by atoms with Crippen LogP contribution in [0.3, 0.4) is 0 Å². The topological polar surface area (TPSA) is 108 Å². The second-order valence-electron chi connectivity index (χ2n) is 11.2. The van der Waals surface area contributed by atoms with Crippen molar-refractivity contribution in [3.63, 3.8) is 0 Å². The van der Waals surface area contributed by atoms with Crippen LogP contribution in [0.2, 0.25) is 0 Å². The van der Waals surface area contributed by atoms with Crippen LogP contribution in [0.1, 0.15) is 5.56 Å². The first-order valence-electron chi connectivity index (χ1n) is 14.6. The van der Waals surface area contributed by atoms with Gasteiger partial charge in [0.2, 0.25) is 0 Å². The number of H-pyrrole nitrogens is 2. The molecule has 7 aromatic rings. The van der Waals surface area contributed by atoms with Gasteiger partial charge in [0.1, 0.15) is 23.9 Å². The maximum Gasteiger partial charge on any atom is 0.138 e. The van der Waals surface area contributed by atoms with Crippen molar-refractivity contribution in [1.82, 2.24) is 35.0 Å². The molecule has 5 aromatic heterocycles. The number of fused-ring (bicyclic) bond motifs is 2. The number of hydrogen-bond acceptors (Lipinski definition) is 7. The van der Waals surface area contributed by atoms with E-state index in [4.69, 9.17) is 4.74 Å². The zero-order valence-corrected chi connectivity index (χ0v) is 24.9. The van der Waals surface area contributed by atoms with Crippen LogP contribution >= 0.6 is 0 Å². The van der Waals surface area contributed by atoms with Crippen molar-refractivity contribution in [1.29, 1.82) is 0 Å². The summed E-state index contributed by atoms with van der Waals surface area (Å²) in [5.41, 5.74) is 8.12. The normalized spacial score (nSPS) is 11.5. The van der Waals surface area contributed by atoms with Gasteiger partial charge >= 0.3 is 0 Å². The van der Waals surface area contributed by atoms with E-state index in [-0.39, 0.29) is 5.82 Å². The Bertz CT molecular complexity index is 2100. The molecular formula is C35H31FN8O. The average molecular weight is 599 g/mol. The molecule has 0 aliphatic carbocycles. The second-order valence-corrected chi connectivity index (χ2v) is 11.2. The Morgan fingerprint density at radius 2 is 1.71 bits per heavy atom. The van der Waals surface area contributed by atoms with E-state index in [0.717, 1.165) is 73.4 Å². The van der Waals surface area contributed by atoms with Gasteiger partial charge in [-0.1, -0.05) is 30.3 Å². The van der Waals surface area contributed by atoms with E-state index < -0.39 is 0 Å². The molecule has 3 N–H and O–H groups in total. The number of benzene rings is 2. The zero-order chi connectivity index (χ0) is 30.8. The smallest absolute Gasteiger partial charge is 0.138 e. The van der Waals surface area contributed by atoms with Gasteiger partial charge in [0.15, 0.2) is 0 Å². The summed E-state index contributed by atoms with van der Waals surface area (Å²) in [5, 5.41) is 12.9. The molecule has 0 amide bonds. The zero-order valence-electron chi connectivity index (χ0n) is 24.9. The molecule has 0 saturated carbocycles. The quantitative estimate of drug-likeness (QED) is 0.157. The summed E-state index contributed by atoms with van der Waals surface area (Å²) in [6.45, 7) is 1.99. The maximum atomic E-state index is 14.7. The van der Waals surface area contributed by atoms with Gasteiger partial charge in [-0.3, -0.25) is 20.1 Å². The van der Waals surface area contributed by atoms with Crippen LogP contribution in [-0.2, 0) is 6.61 Å². The molecule has 0 spiro atoms. The Labute approximate surface area is 259 Å². The lowest BCUT2D eigenvalue weighted by atomic mass is 10.0. The third-order valence-corrected chi connectivity index (χ3v) is 7.60. The van der Waals surface area contributed by atoms with Gasteiger partial charge in [-0.25, -0.2) is 4.39 Å². The molecule has 2 aromatic carbocycles. The highest BCUT2D eigenvalue weighted by Gasteiger charge is 2.16. The highest BCUT2D eigenvalue weighted by molar-refractivity contribution is 6.01. The SMILES string of the molecule is CN(C)CCNc1cc(F)cc(-c2cncc3[nH]c(-c4n[nH]c5cnc(-c6cncc(OCc7ccccc7)c6)cc45)cc23)c1. The third-order valence-electron chi connectivity index (χ3n) is 7.60. The molecule has 0 atom stereocenters. The summed E-state index contributed by atoms with van der Waals surface area (Å²) in [4.78, 5) is 19.0. The lowest BCUT2D eigenvalue weighted by Crippen LogP contribution is -2.20. The van der Waals surface area contributed by atoms with Crippen molar-refractivity contribution in [2.45, 2.75) is 6.61 Å². The van der Waals surface area contributed by atoms with Crippen LogP contribution in [-0.4, -0.2) is 62.2 Å². The lowest BCUT2D eigenvalue weighted by Gasteiger charge is -2.13. The highest BCUT2D eigenvalue weighted by atomic mass is 19.1. The Morgan fingerprint density at radius 3 is 2.58 bits per heavy atom. The lowest BCUT2D eigenvalue weighted by molar-refractivity contribution is 0.305. The van der Waals surface area contributed by atoms with Gasteiger partial charge in [0, 0.05) is 53.1 Å². The van der Waals surface area contributed by atoms with Crippen molar-refractivity contribution in [2.75, 3.05) is 32.5 Å². The van der Waals surface area contributed by atoms with Crippen LogP contribution in [0.25, 0.3) is 55.6 Å². The number of aromatic nitrogens is 6. The van der Waals surface area contributed by atoms with E-state index in [1.807, 2.05) is 68.7 Å². The first-order chi connectivity index (χ1) is 22.0. The van der Waals surface area contributed by atoms with E-state index >= 15 is 0 Å². The van der Waals surface area contributed by atoms with Crippen molar-refractivity contribution in [2.24, 2.45) is 0 Å². The third kappa shape index (κ3) is 6.09. The largest absolute Gasteiger partial charge is 0.487 e. The summed E-state index contributed by atoms with van der Waals surface area (Å²) in [6.07, 6.45) is 8.78. The molecule has 7 rings (SSSR count). The monoisotopic (exact) mass is 598 g/mol. The molecule has 10 heteroatoms. The summed E-state index contributed by atoms with van der Waals surface area (Å²) >= 11 is 0. The van der Waals surface area contributed by atoms with Gasteiger partial charge in [-0.2, -0.15) is 5.10 Å². The minimum absolute atomic E-state index is 0.310. The van der Waals surface area contributed by atoms with E-state index in [1.165, 1.54) is 12.1 Å². The van der Waals surface area contributed by atoms with E-state index in [0.29, 0.717) is 18.9 Å². The van der Waals surface area contributed by atoms with Crippen LogP contribution in [0.15, 0.2) is 97.7 Å². The number of anilines is 1. The van der Waals surface area contributed by atoms with Crippen molar-refractivity contribution in [3.8, 4) is 39.5 Å². The second kappa shape index (κ2) is 12.2. The van der Waals surface area contributed by atoms with E-state index in [2.05, 4.69) is 40.3 Å². The Balaban J connectivity index is 1.20. The van der Waals surface area contributed by atoms with Gasteiger partial charge in [-0.05, 0) is 61.6 Å². The first-order valence-corrected chi connectivity index (χ1v) is 14.6. The van der Waals surface area contributed by atoms with Crippen molar-refractivity contribution < 1.29 is 9.13 Å². The molecule has 0 bridgehead atoms. The molecule has 9 nitrogen and oxygen atoms in total. The van der Waals surface area contributed by atoms with Crippen molar-refractivity contribution >= 4 is 27.5 Å². The minimum Gasteiger partial charge on any atom is -0.487 e. The van der Waals surface area contributed by atoms with Gasteiger partial charge in [0.05, 0.1) is 41.0 Å². The molecule has 45 heavy (non-hydrogen) atoms. The summed E-state index contributed by atoms with van der Waals surface area (Å²) in [6, 6.07) is 21.0. The summed E-state index contributed by atoms with van der Waals surface area (Å²) < 4.78 is 20.7. The van der Waals surface area contributed by atoms with Crippen LogP contribution in [0, 0.1) is 5.82 Å². The number of nitrogens with zero attached hydrogens (tertiary/aromatic N) is 5. The number of nitrogens with one attached hydrogen (secondary N) is 3. The maximum absolute atomic E-state index is 14.7.